The van der Waals surface area contributed by atoms with Crippen LogP contribution in [-0.2, 0) is 11.2 Å². The van der Waals surface area contributed by atoms with Gasteiger partial charge in [0.15, 0.2) is 11.6 Å². The summed E-state index contributed by atoms with van der Waals surface area (Å²) in [5.74, 6) is -0.142. The molecular weight excluding hydrogens is 436 g/mol. The average molecular weight is 471 g/mol. The summed E-state index contributed by atoms with van der Waals surface area (Å²) in [6.07, 6.45) is 1.26. The number of carbonyl (C=O) groups is 2. The van der Waals surface area contributed by atoms with Gasteiger partial charge in [-0.15, -0.1) is 0 Å². The van der Waals surface area contributed by atoms with E-state index >= 15 is 0 Å². The standard InChI is InChI=1S/C30H34N2O3/c1-4-26(32(2)3)30(34)28-24(19-21-9-6-5-7-10-21)11-8-12-25(28)29(33)23-15-13-22(14-16-23)27-20-31-17-18-35-27/h5-16,26-27,31H,4,17-20H2,1-3H3. The van der Waals surface area contributed by atoms with Crippen molar-refractivity contribution in [1.29, 1.82) is 0 Å². The first-order chi connectivity index (χ1) is 17.0. The van der Waals surface area contributed by atoms with Gasteiger partial charge in [-0.3, -0.25) is 14.5 Å². The minimum Gasteiger partial charge on any atom is -0.371 e. The van der Waals surface area contributed by atoms with Crippen molar-refractivity contribution in [3.8, 4) is 0 Å². The fraction of sp³-hybridized carbons (Fsp3) is 0.333. The van der Waals surface area contributed by atoms with Crippen LogP contribution in [0.15, 0.2) is 72.8 Å². The van der Waals surface area contributed by atoms with E-state index in [1.165, 1.54) is 0 Å². The molecule has 0 amide bonds. The molecule has 0 spiro atoms. The SMILES string of the molecule is CCC(C(=O)c1c(Cc2ccccc2)cccc1C(=O)c1ccc(C2CNCCO2)cc1)N(C)C. The third-order valence-electron chi connectivity index (χ3n) is 6.66. The molecule has 4 rings (SSSR count). The third kappa shape index (κ3) is 5.76. The molecule has 1 aliphatic rings. The van der Waals surface area contributed by atoms with Crippen molar-refractivity contribution in [3.63, 3.8) is 0 Å². The van der Waals surface area contributed by atoms with Crippen LogP contribution in [0.25, 0.3) is 0 Å². The molecule has 0 bridgehead atoms. The van der Waals surface area contributed by atoms with Crippen LogP contribution in [0.1, 0.15) is 62.4 Å². The second-order valence-corrected chi connectivity index (χ2v) is 9.27. The molecular formula is C30H34N2O3. The van der Waals surface area contributed by atoms with Gasteiger partial charge in [-0.1, -0.05) is 79.7 Å². The molecule has 1 N–H and O–H groups in total. The average Bonchev–Trinajstić information content (AvgIpc) is 2.89. The number of hydrogen-bond donors (Lipinski definition) is 1. The number of ether oxygens (including phenoxy) is 1. The number of nitrogens with zero attached hydrogens (tertiary/aromatic N) is 1. The van der Waals surface area contributed by atoms with Gasteiger partial charge in [0, 0.05) is 29.8 Å². The number of carbonyl (C=O) groups excluding carboxylic acids is 2. The maximum Gasteiger partial charge on any atom is 0.193 e. The normalized spacial score (nSPS) is 16.7. The van der Waals surface area contributed by atoms with Crippen molar-refractivity contribution >= 4 is 11.6 Å². The highest BCUT2D eigenvalue weighted by molar-refractivity contribution is 6.17. The summed E-state index contributed by atoms with van der Waals surface area (Å²) in [5, 5.41) is 3.33. The summed E-state index contributed by atoms with van der Waals surface area (Å²) in [5.41, 5.74) is 4.60. The third-order valence-corrected chi connectivity index (χ3v) is 6.66. The van der Waals surface area contributed by atoms with Crippen LogP contribution in [0, 0.1) is 0 Å². The highest BCUT2D eigenvalue weighted by Gasteiger charge is 2.28. The second kappa shape index (κ2) is 11.5. The first kappa shape index (κ1) is 25.0. The molecule has 1 heterocycles. The maximum absolute atomic E-state index is 13.8. The molecule has 35 heavy (non-hydrogen) atoms. The lowest BCUT2D eigenvalue weighted by Crippen LogP contribution is -2.36. The van der Waals surface area contributed by atoms with E-state index in [0.29, 0.717) is 36.1 Å². The smallest absolute Gasteiger partial charge is 0.193 e. The molecule has 0 aromatic heterocycles. The largest absolute Gasteiger partial charge is 0.371 e. The predicted octanol–water partition coefficient (Wildman–Crippen LogP) is 4.69. The van der Waals surface area contributed by atoms with Gasteiger partial charge in [-0.2, -0.15) is 0 Å². The first-order valence-corrected chi connectivity index (χ1v) is 12.3. The number of hydrogen-bond acceptors (Lipinski definition) is 5. The lowest BCUT2D eigenvalue weighted by Gasteiger charge is -2.24. The van der Waals surface area contributed by atoms with Crippen LogP contribution in [-0.4, -0.2) is 56.3 Å². The lowest BCUT2D eigenvalue weighted by molar-refractivity contribution is 0.0277. The predicted molar refractivity (Wildman–Crippen MR) is 139 cm³/mol. The van der Waals surface area contributed by atoms with E-state index in [0.717, 1.165) is 29.8 Å². The van der Waals surface area contributed by atoms with Crippen molar-refractivity contribution in [2.24, 2.45) is 0 Å². The topological polar surface area (TPSA) is 58.6 Å². The fourth-order valence-corrected chi connectivity index (χ4v) is 4.78. The lowest BCUT2D eigenvalue weighted by atomic mass is 9.86. The Balaban J connectivity index is 1.72. The van der Waals surface area contributed by atoms with Gasteiger partial charge in [0.25, 0.3) is 0 Å². The maximum atomic E-state index is 13.8. The number of nitrogens with one attached hydrogen (secondary N) is 1. The summed E-state index contributed by atoms with van der Waals surface area (Å²) in [7, 11) is 3.82. The van der Waals surface area contributed by atoms with E-state index < -0.39 is 0 Å². The Hall–Kier alpha value is -3.12. The molecule has 5 heteroatoms. The first-order valence-electron chi connectivity index (χ1n) is 12.3. The monoisotopic (exact) mass is 470 g/mol. The highest BCUT2D eigenvalue weighted by Crippen LogP contribution is 2.26. The molecule has 2 atom stereocenters. The number of ketones is 2. The van der Waals surface area contributed by atoms with Gasteiger partial charge in [-0.25, -0.2) is 0 Å². The van der Waals surface area contributed by atoms with Crippen LogP contribution in [0.4, 0.5) is 0 Å². The Morgan fingerprint density at radius 3 is 2.37 bits per heavy atom. The molecule has 0 saturated carbocycles. The summed E-state index contributed by atoms with van der Waals surface area (Å²) in [6.45, 7) is 4.30. The Morgan fingerprint density at radius 1 is 1.00 bits per heavy atom. The van der Waals surface area contributed by atoms with Gasteiger partial charge >= 0.3 is 0 Å². The van der Waals surface area contributed by atoms with Gasteiger partial charge < -0.3 is 10.1 Å². The number of Topliss-reactive ketones (excluding diaryl/α,β-unsaturated/α-hetero) is 1. The zero-order valence-electron chi connectivity index (χ0n) is 20.8. The summed E-state index contributed by atoms with van der Waals surface area (Å²) < 4.78 is 5.84. The van der Waals surface area contributed by atoms with Crippen molar-refractivity contribution < 1.29 is 14.3 Å². The molecule has 2 unspecified atom stereocenters. The Bertz CT molecular complexity index is 1150. The zero-order valence-corrected chi connectivity index (χ0v) is 20.8. The molecule has 1 saturated heterocycles. The van der Waals surface area contributed by atoms with E-state index in [9.17, 15) is 9.59 Å². The summed E-state index contributed by atoms with van der Waals surface area (Å²) >= 11 is 0. The van der Waals surface area contributed by atoms with E-state index in [2.05, 4.69) is 5.32 Å². The molecule has 182 valence electrons. The summed E-state index contributed by atoms with van der Waals surface area (Å²) in [4.78, 5) is 29.5. The van der Waals surface area contributed by atoms with Crippen molar-refractivity contribution in [2.75, 3.05) is 33.8 Å². The van der Waals surface area contributed by atoms with Crippen molar-refractivity contribution in [3.05, 3.63) is 106 Å². The van der Waals surface area contributed by atoms with Gasteiger partial charge in [0.05, 0.1) is 18.8 Å². The number of morpholine rings is 1. The second-order valence-electron chi connectivity index (χ2n) is 9.27. The Morgan fingerprint density at radius 2 is 1.74 bits per heavy atom. The molecule has 1 aliphatic heterocycles. The minimum atomic E-state index is -0.295. The number of likely N-dealkylation sites (N-methyl/N-ethyl adjacent to an activating group) is 1. The highest BCUT2D eigenvalue weighted by atomic mass is 16.5. The van der Waals surface area contributed by atoms with Crippen LogP contribution in [0.2, 0.25) is 0 Å². The number of rotatable bonds is 9. The van der Waals surface area contributed by atoms with E-state index in [4.69, 9.17) is 4.74 Å². The molecule has 0 aliphatic carbocycles. The van der Waals surface area contributed by atoms with Crippen LogP contribution < -0.4 is 5.32 Å². The van der Waals surface area contributed by atoms with Gasteiger partial charge in [-0.05, 0) is 43.6 Å². The quantitative estimate of drug-likeness (QED) is 0.460. The van der Waals surface area contributed by atoms with Crippen molar-refractivity contribution in [1.82, 2.24) is 10.2 Å². The van der Waals surface area contributed by atoms with E-state index in [1.807, 2.05) is 92.6 Å². The molecule has 0 radical (unpaired) electrons. The Kier molecular flexibility index (Phi) is 8.24. The molecule has 3 aromatic carbocycles. The summed E-state index contributed by atoms with van der Waals surface area (Å²) in [6, 6.07) is 23.0. The van der Waals surface area contributed by atoms with Crippen molar-refractivity contribution in [2.45, 2.75) is 31.9 Å². The van der Waals surface area contributed by atoms with Crippen LogP contribution >= 0.6 is 0 Å². The van der Waals surface area contributed by atoms with Crippen LogP contribution in [0.5, 0.6) is 0 Å². The molecule has 5 nitrogen and oxygen atoms in total. The van der Waals surface area contributed by atoms with Gasteiger partial charge in [0.2, 0.25) is 0 Å². The van der Waals surface area contributed by atoms with E-state index in [1.54, 1.807) is 6.07 Å². The Labute approximate surface area is 208 Å². The minimum absolute atomic E-state index is 0.00863. The molecule has 1 fully saturated rings. The van der Waals surface area contributed by atoms with Gasteiger partial charge in [0.1, 0.15) is 0 Å². The molecule has 3 aromatic rings. The van der Waals surface area contributed by atoms with Crippen LogP contribution in [0.3, 0.4) is 0 Å². The van der Waals surface area contributed by atoms with E-state index in [-0.39, 0.29) is 23.7 Å². The number of benzene rings is 3. The fourth-order valence-electron chi connectivity index (χ4n) is 4.78. The zero-order chi connectivity index (χ0) is 24.8.